The summed E-state index contributed by atoms with van der Waals surface area (Å²) in [6.07, 6.45) is 9.08. The molecular formula is C21H23N3O. The van der Waals surface area contributed by atoms with Gasteiger partial charge in [0.2, 0.25) is 0 Å². The molecule has 0 amide bonds. The molecule has 0 aliphatic carbocycles. The van der Waals surface area contributed by atoms with Gasteiger partial charge < -0.3 is 14.6 Å². The third kappa shape index (κ3) is 2.71. The summed E-state index contributed by atoms with van der Waals surface area (Å²) >= 11 is 0. The first-order valence-corrected chi connectivity index (χ1v) is 9.18. The largest absolute Gasteiger partial charge is 0.489 e. The van der Waals surface area contributed by atoms with Crippen molar-refractivity contribution in [1.29, 1.82) is 0 Å². The second-order valence-electron chi connectivity index (χ2n) is 7.42. The van der Waals surface area contributed by atoms with Crippen LogP contribution in [0, 0.1) is 0 Å². The van der Waals surface area contributed by atoms with Crippen molar-refractivity contribution in [2.45, 2.75) is 43.9 Å². The van der Waals surface area contributed by atoms with Crippen LogP contribution in [-0.4, -0.2) is 40.1 Å². The number of hydrogen-bond acceptors (Lipinski definition) is 3. The van der Waals surface area contributed by atoms with E-state index in [1.807, 2.05) is 12.4 Å². The van der Waals surface area contributed by atoms with E-state index in [9.17, 15) is 0 Å². The van der Waals surface area contributed by atoms with Crippen LogP contribution < -0.4 is 4.74 Å². The molecule has 0 saturated carbocycles. The van der Waals surface area contributed by atoms with Crippen LogP contribution in [0.2, 0.25) is 0 Å². The van der Waals surface area contributed by atoms with Gasteiger partial charge in [-0.1, -0.05) is 6.07 Å². The fourth-order valence-corrected chi connectivity index (χ4v) is 4.48. The normalized spacial score (nSPS) is 26.2. The highest BCUT2D eigenvalue weighted by Gasteiger charge is 2.39. The quantitative estimate of drug-likeness (QED) is 0.780. The predicted molar refractivity (Wildman–Crippen MR) is 99.8 cm³/mol. The Morgan fingerprint density at radius 1 is 1.08 bits per heavy atom. The summed E-state index contributed by atoms with van der Waals surface area (Å²) < 4.78 is 6.24. The van der Waals surface area contributed by atoms with Gasteiger partial charge in [0.1, 0.15) is 11.9 Å². The molecule has 2 fully saturated rings. The van der Waals surface area contributed by atoms with Gasteiger partial charge in [0.25, 0.3) is 0 Å². The van der Waals surface area contributed by atoms with E-state index in [1.54, 1.807) is 0 Å². The van der Waals surface area contributed by atoms with Crippen LogP contribution in [0.3, 0.4) is 0 Å². The number of fused-ring (bicyclic) bond motifs is 3. The van der Waals surface area contributed by atoms with Crippen molar-refractivity contribution in [3.8, 4) is 17.0 Å². The first-order chi connectivity index (χ1) is 12.3. The fourth-order valence-electron chi connectivity index (χ4n) is 4.48. The lowest BCUT2D eigenvalue weighted by Crippen LogP contribution is -2.43. The van der Waals surface area contributed by atoms with Gasteiger partial charge in [0.05, 0.1) is 11.9 Å². The number of benzene rings is 1. The summed E-state index contributed by atoms with van der Waals surface area (Å²) in [5, 5.41) is 1.21. The number of H-pyrrole nitrogens is 1. The number of ether oxygens (including phenoxy) is 1. The molecule has 25 heavy (non-hydrogen) atoms. The van der Waals surface area contributed by atoms with Gasteiger partial charge >= 0.3 is 0 Å². The number of nitrogens with zero attached hydrogens (tertiary/aromatic N) is 2. The zero-order valence-electron chi connectivity index (χ0n) is 14.5. The third-order valence-corrected chi connectivity index (χ3v) is 5.94. The first-order valence-electron chi connectivity index (χ1n) is 9.18. The standard InChI is InChI=1S/C21H23N3O/c1-24-16-3-4-17(24)12-19(11-16)25-18-5-7-21(23-13-18)14-2-6-20-15(10-14)8-9-22-20/h2,5-10,13,16-17,19,22H,3-4,11-12H2,1H3/t16-,17+,19-. The van der Waals surface area contributed by atoms with Crippen LogP contribution in [-0.2, 0) is 0 Å². The molecule has 0 spiro atoms. The maximum Gasteiger partial charge on any atom is 0.138 e. The minimum absolute atomic E-state index is 0.331. The average molecular weight is 333 g/mol. The Hall–Kier alpha value is -2.33. The summed E-state index contributed by atoms with van der Waals surface area (Å²) in [6, 6.07) is 14.0. The number of nitrogens with one attached hydrogen (secondary N) is 1. The number of pyridine rings is 1. The molecule has 3 atom stereocenters. The Morgan fingerprint density at radius 2 is 1.92 bits per heavy atom. The Bertz CT molecular complexity index is 872. The molecule has 2 aliphatic heterocycles. The maximum atomic E-state index is 6.24. The molecular weight excluding hydrogens is 310 g/mol. The minimum atomic E-state index is 0.331. The summed E-state index contributed by atoms with van der Waals surface area (Å²) in [6.45, 7) is 0. The zero-order chi connectivity index (χ0) is 16.8. The molecule has 0 unspecified atom stereocenters. The minimum Gasteiger partial charge on any atom is -0.489 e. The summed E-state index contributed by atoms with van der Waals surface area (Å²) in [7, 11) is 2.26. The van der Waals surface area contributed by atoms with Crippen LogP contribution in [0.1, 0.15) is 25.7 Å². The van der Waals surface area contributed by atoms with E-state index in [4.69, 9.17) is 4.74 Å². The van der Waals surface area contributed by atoms with Crippen molar-refractivity contribution < 1.29 is 4.74 Å². The van der Waals surface area contributed by atoms with E-state index in [0.29, 0.717) is 18.2 Å². The predicted octanol–water partition coefficient (Wildman–Crippen LogP) is 4.23. The number of aromatic nitrogens is 2. The fraction of sp³-hybridized carbons (Fsp3) is 0.381. The highest BCUT2D eigenvalue weighted by atomic mass is 16.5. The lowest BCUT2D eigenvalue weighted by molar-refractivity contribution is 0.0659. The summed E-state index contributed by atoms with van der Waals surface area (Å²) in [4.78, 5) is 10.4. The van der Waals surface area contributed by atoms with Gasteiger partial charge in [-0.05, 0) is 63.1 Å². The van der Waals surface area contributed by atoms with Gasteiger partial charge in [-0.15, -0.1) is 0 Å². The molecule has 128 valence electrons. The second-order valence-corrected chi connectivity index (χ2v) is 7.42. The van der Waals surface area contributed by atoms with Gasteiger partial charge in [0.15, 0.2) is 0 Å². The molecule has 2 bridgehead atoms. The molecule has 5 rings (SSSR count). The highest BCUT2D eigenvalue weighted by molar-refractivity contribution is 5.84. The Morgan fingerprint density at radius 3 is 2.68 bits per heavy atom. The van der Waals surface area contributed by atoms with Crippen LogP contribution in [0.25, 0.3) is 22.2 Å². The molecule has 2 saturated heterocycles. The Kier molecular flexibility index (Phi) is 3.52. The Labute approximate surface area is 147 Å². The number of hydrogen-bond donors (Lipinski definition) is 1. The average Bonchev–Trinajstić information content (AvgIpc) is 3.16. The molecule has 3 aromatic rings. The van der Waals surface area contributed by atoms with Crippen LogP contribution in [0.5, 0.6) is 5.75 Å². The van der Waals surface area contributed by atoms with Crippen molar-refractivity contribution in [3.05, 3.63) is 48.8 Å². The number of piperidine rings is 1. The molecule has 1 aromatic carbocycles. The number of rotatable bonds is 3. The van der Waals surface area contributed by atoms with E-state index in [0.717, 1.165) is 35.4 Å². The van der Waals surface area contributed by atoms with Crippen LogP contribution >= 0.6 is 0 Å². The smallest absolute Gasteiger partial charge is 0.138 e. The molecule has 2 aliphatic rings. The third-order valence-electron chi connectivity index (χ3n) is 5.94. The highest BCUT2D eigenvalue weighted by Crippen LogP contribution is 2.36. The lowest BCUT2D eigenvalue weighted by Gasteiger charge is -2.36. The topological polar surface area (TPSA) is 41.1 Å². The molecule has 4 heterocycles. The summed E-state index contributed by atoms with van der Waals surface area (Å²) in [5.41, 5.74) is 3.27. The molecule has 1 N–H and O–H groups in total. The summed E-state index contributed by atoms with van der Waals surface area (Å²) in [5.74, 6) is 0.889. The molecule has 2 aromatic heterocycles. The van der Waals surface area contributed by atoms with Crippen molar-refractivity contribution in [2.75, 3.05) is 7.05 Å². The van der Waals surface area contributed by atoms with Crippen molar-refractivity contribution in [2.24, 2.45) is 0 Å². The van der Waals surface area contributed by atoms with Crippen molar-refractivity contribution in [1.82, 2.24) is 14.9 Å². The van der Waals surface area contributed by atoms with E-state index in [1.165, 1.54) is 18.2 Å². The van der Waals surface area contributed by atoms with E-state index in [2.05, 4.69) is 58.3 Å². The maximum absolute atomic E-state index is 6.24. The van der Waals surface area contributed by atoms with Gasteiger partial charge in [-0.25, -0.2) is 0 Å². The number of aromatic amines is 1. The van der Waals surface area contributed by atoms with E-state index >= 15 is 0 Å². The van der Waals surface area contributed by atoms with E-state index in [-0.39, 0.29) is 0 Å². The molecule has 4 heteroatoms. The van der Waals surface area contributed by atoms with Crippen molar-refractivity contribution >= 4 is 10.9 Å². The van der Waals surface area contributed by atoms with Crippen molar-refractivity contribution in [3.63, 3.8) is 0 Å². The van der Waals surface area contributed by atoms with Gasteiger partial charge in [0, 0.05) is 34.7 Å². The second kappa shape index (κ2) is 5.88. The van der Waals surface area contributed by atoms with Gasteiger partial charge in [-0.3, -0.25) is 4.98 Å². The molecule has 4 nitrogen and oxygen atoms in total. The van der Waals surface area contributed by atoms with Crippen LogP contribution in [0.4, 0.5) is 0 Å². The monoisotopic (exact) mass is 333 g/mol. The first kappa shape index (κ1) is 15.0. The zero-order valence-corrected chi connectivity index (χ0v) is 14.5. The van der Waals surface area contributed by atoms with Gasteiger partial charge in [-0.2, -0.15) is 0 Å². The SMILES string of the molecule is CN1[C@@H]2CC[C@H]1C[C@H](Oc1ccc(-c3ccc4[nH]ccc4c3)nc1)C2. The molecule has 0 radical (unpaired) electrons. The lowest BCUT2D eigenvalue weighted by atomic mass is 10.0. The Balaban J connectivity index is 1.31. The van der Waals surface area contributed by atoms with E-state index < -0.39 is 0 Å². The van der Waals surface area contributed by atoms with Crippen LogP contribution in [0.15, 0.2) is 48.8 Å².